The fourth-order valence-electron chi connectivity index (χ4n) is 1.33. The molecular weight excluding hydrogens is 244 g/mol. The van der Waals surface area contributed by atoms with Gasteiger partial charge >= 0.3 is 0 Å². The van der Waals surface area contributed by atoms with Gasteiger partial charge < -0.3 is 9.73 Å². The highest BCUT2D eigenvalue weighted by Gasteiger charge is 2.02. The molecule has 0 saturated heterocycles. The van der Waals surface area contributed by atoms with Gasteiger partial charge in [0.2, 0.25) is 5.89 Å². The van der Waals surface area contributed by atoms with E-state index in [0.717, 1.165) is 29.6 Å². The lowest BCUT2D eigenvalue weighted by Gasteiger charge is -1.98. The van der Waals surface area contributed by atoms with E-state index < -0.39 is 0 Å². The average molecular weight is 257 g/mol. The van der Waals surface area contributed by atoms with Crippen LogP contribution in [0.5, 0.6) is 0 Å². The third kappa shape index (κ3) is 3.07. The molecule has 0 saturated carbocycles. The highest BCUT2D eigenvalue weighted by molar-refractivity contribution is 7.10. The van der Waals surface area contributed by atoms with Crippen LogP contribution in [0.1, 0.15) is 23.5 Å². The van der Waals surface area contributed by atoms with Gasteiger partial charge in [0, 0.05) is 23.2 Å². The van der Waals surface area contributed by atoms with E-state index in [2.05, 4.69) is 10.3 Å². The Morgan fingerprint density at radius 1 is 1.50 bits per heavy atom. The van der Waals surface area contributed by atoms with E-state index in [9.17, 15) is 0 Å². The molecule has 0 aliphatic carbocycles. The second kappa shape index (κ2) is 5.48. The zero-order valence-corrected chi connectivity index (χ0v) is 10.6. The summed E-state index contributed by atoms with van der Waals surface area (Å²) < 4.78 is 5.48. The molecule has 0 unspecified atom stereocenters. The van der Waals surface area contributed by atoms with E-state index in [1.807, 2.05) is 18.4 Å². The van der Waals surface area contributed by atoms with Crippen molar-refractivity contribution >= 4 is 22.9 Å². The number of hydrogen-bond donors (Lipinski definition) is 1. The second-order valence-corrected chi connectivity index (χ2v) is 4.84. The minimum absolute atomic E-state index is 0.648. The molecule has 2 aromatic heterocycles. The van der Waals surface area contributed by atoms with Gasteiger partial charge in [0.25, 0.3) is 0 Å². The van der Waals surface area contributed by atoms with E-state index >= 15 is 0 Å². The van der Waals surface area contributed by atoms with E-state index in [0.29, 0.717) is 6.54 Å². The SMILES string of the molecule is CCc1cnc(CNCc2cc(Cl)cs2)o1. The Labute approximate surface area is 103 Å². The lowest BCUT2D eigenvalue weighted by Crippen LogP contribution is -2.11. The summed E-state index contributed by atoms with van der Waals surface area (Å²) in [5, 5.41) is 5.99. The molecule has 0 amide bonds. The Kier molecular flexibility index (Phi) is 3.98. The molecule has 0 aliphatic rings. The van der Waals surface area contributed by atoms with Crippen molar-refractivity contribution in [2.24, 2.45) is 0 Å². The largest absolute Gasteiger partial charge is 0.444 e. The van der Waals surface area contributed by atoms with Gasteiger partial charge in [0.1, 0.15) is 5.76 Å². The highest BCUT2D eigenvalue weighted by atomic mass is 35.5. The van der Waals surface area contributed by atoms with Crippen molar-refractivity contribution in [3.8, 4) is 0 Å². The Morgan fingerprint density at radius 3 is 3.00 bits per heavy atom. The van der Waals surface area contributed by atoms with Crippen molar-refractivity contribution < 1.29 is 4.42 Å². The predicted molar refractivity (Wildman–Crippen MR) is 65.8 cm³/mol. The third-order valence-electron chi connectivity index (χ3n) is 2.15. The minimum atomic E-state index is 0.648. The van der Waals surface area contributed by atoms with Crippen LogP contribution in [0.2, 0.25) is 5.02 Å². The molecule has 0 bridgehead atoms. The Balaban J connectivity index is 1.79. The van der Waals surface area contributed by atoms with Gasteiger partial charge in [-0.2, -0.15) is 0 Å². The first kappa shape index (κ1) is 11.6. The molecule has 2 rings (SSSR count). The number of nitrogens with zero attached hydrogens (tertiary/aromatic N) is 1. The molecule has 3 nitrogen and oxygen atoms in total. The summed E-state index contributed by atoms with van der Waals surface area (Å²) in [5.41, 5.74) is 0. The van der Waals surface area contributed by atoms with Gasteiger partial charge in [-0.15, -0.1) is 11.3 Å². The summed E-state index contributed by atoms with van der Waals surface area (Å²) >= 11 is 7.48. The predicted octanol–water partition coefficient (Wildman–Crippen LogP) is 3.24. The van der Waals surface area contributed by atoms with E-state index in [4.69, 9.17) is 16.0 Å². The van der Waals surface area contributed by atoms with Gasteiger partial charge in [-0.25, -0.2) is 4.98 Å². The van der Waals surface area contributed by atoms with Crippen LogP contribution in [0, 0.1) is 0 Å². The third-order valence-corrected chi connectivity index (χ3v) is 3.43. The number of hydrogen-bond acceptors (Lipinski definition) is 4. The van der Waals surface area contributed by atoms with E-state index in [-0.39, 0.29) is 0 Å². The number of aromatic nitrogens is 1. The maximum Gasteiger partial charge on any atom is 0.208 e. The van der Waals surface area contributed by atoms with Gasteiger partial charge in [0.15, 0.2) is 0 Å². The molecule has 16 heavy (non-hydrogen) atoms. The normalized spacial score (nSPS) is 10.9. The fourth-order valence-corrected chi connectivity index (χ4v) is 2.37. The molecular formula is C11H13ClN2OS. The molecule has 5 heteroatoms. The lowest BCUT2D eigenvalue weighted by molar-refractivity contribution is 0.439. The number of halogens is 1. The number of nitrogens with one attached hydrogen (secondary N) is 1. The molecule has 0 radical (unpaired) electrons. The topological polar surface area (TPSA) is 38.1 Å². The summed E-state index contributed by atoms with van der Waals surface area (Å²) in [6, 6.07) is 1.96. The maximum absolute atomic E-state index is 5.83. The molecule has 0 atom stereocenters. The summed E-state index contributed by atoms with van der Waals surface area (Å²) in [7, 11) is 0. The van der Waals surface area contributed by atoms with Crippen LogP contribution in [-0.2, 0) is 19.5 Å². The van der Waals surface area contributed by atoms with Crippen molar-refractivity contribution in [2.75, 3.05) is 0 Å². The molecule has 0 spiro atoms. The molecule has 2 heterocycles. The average Bonchev–Trinajstić information content (AvgIpc) is 2.88. The molecule has 0 aromatic carbocycles. The monoisotopic (exact) mass is 256 g/mol. The van der Waals surface area contributed by atoms with Crippen molar-refractivity contribution in [3.63, 3.8) is 0 Å². The first-order chi connectivity index (χ1) is 7.78. The first-order valence-electron chi connectivity index (χ1n) is 5.15. The minimum Gasteiger partial charge on any atom is -0.444 e. The van der Waals surface area contributed by atoms with E-state index in [1.165, 1.54) is 4.88 Å². The van der Waals surface area contributed by atoms with Crippen molar-refractivity contribution in [2.45, 2.75) is 26.4 Å². The zero-order chi connectivity index (χ0) is 11.4. The Bertz CT molecular complexity index is 452. The van der Waals surface area contributed by atoms with Crippen LogP contribution >= 0.6 is 22.9 Å². The smallest absolute Gasteiger partial charge is 0.208 e. The van der Waals surface area contributed by atoms with Crippen molar-refractivity contribution in [1.29, 1.82) is 0 Å². The lowest BCUT2D eigenvalue weighted by atomic mass is 10.4. The molecule has 1 N–H and O–H groups in total. The van der Waals surface area contributed by atoms with Gasteiger partial charge in [-0.3, -0.25) is 0 Å². The van der Waals surface area contributed by atoms with Gasteiger partial charge in [-0.1, -0.05) is 18.5 Å². The number of thiophene rings is 1. The second-order valence-electron chi connectivity index (χ2n) is 3.41. The Morgan fingerprint density at radius 2 is 2.38 bits per heavy atom. The zero-order valence-electron chi connectivity index (χ0n) is 9.00. The van der Waals surface area contributed by atoms with Crippen LogP contribution in [0.15, 0.2) is 22.1 Å². The first-order valence-corrected chi connectivity index (χ1v) is 6.41. The van der Waals surface area contributed by atoms with Crippen LogP contribution < -0.4 is 5.32 Å². The number of rotatable bonds is 5. The van der Waals surface area contributed by atoms with Crippen LogP contribution in [-0.4, -0.2) is 4.98 Å². The quantitative estimate of drug-likeness (QED) is 0.893. The van der Waals surface area contributed by atoms with Gasteiger partial charge in [0.05, 0.1) is 17.8 Å². The summed E-state index contributed by atoms with van der Waals surface area (Å²) in [6.45, 7) is 3.49. The van der Waals surface area contributed by atoms with E-state index in [1.54, 1.807) is 17.5 Å². The van der Waals surface area contributed by atoms with Crippen LogP contribution in [0.4, 0.5) is 0 Å². The summed E-state index contributed by atoms with van der Waals surface area (Å²) in [4.78, 5) is 5.39. The Hall–Kier alpha value is -0.840. The number of oxazole rings is 1. The highest BCUT2D eigenvalue weighted by Crippen LogP contribution is 2.18. The fraction of sp³-hybridized carbons (Fsp3) is 0.364. The standard InChI is InChI=1S/C11H13ClN2OS/c1-2-9-4-14-11(15-9)6-13-5-10-3-8(12)7-16-10/h3-4,7,13H,2,5-6H2,1H3. The van der Waals surface area contributed by atoms with Crippen molar-refractivity contribution in [3.05, 3.63) is 39.2 Å². The maximum atomic E-state index is 5.83. The summed E-state index contributed by atoms with van der Waals surface area (Å²) in [5.74, 6) is 1.66. The van der Waals surface area contributed by atoms with Crippen LogP contribution in [0.3, 0.4) is 0 Å². The molecule has 0 aliphatic heterocycles. The number of aryl methyl sites for hydroxylation is 1. The van der Waals surface area contributed by atoms with Gasteiger partial charge in [-0.05, 0) is 6.07 Å². The molecule has 0 fully saturated rings. The molecule has 86 valence electrons. The molecule has 2 aromatic rings. The summed E-state index contributed by atoms with van der Waals surface area (Å²) in [6.07, 6.45) is 2.66. The van der Waals surface area contributed by atoms with Crippen LogP contribution in [0.25, 0.3) is 0 Å². The van der Waals surface area contributed by atoms with Crippen molar-refractivity contribution in [1.82, 2.24) is 10.3 Å².